The molecule has 4 N–H and O–H groups in total. The lowest BCUT2D eigenvalue weighted by Crippen LogP contribution is -2.27. The maximum absolute atomic E-state index is 12.7. The molecule has 3 aromatic carbocycles. The number of pyridine rings is 1. The molecule has 0 fully saturated rings. The summed E-state index contributed by atoms with van der Waals surface area (Å²) in [6.45, 7) is 8.76. The minimum Gasteiger partial charge on any atom is -0.504 e. The molecule has 2 heterocycles. The van der Waals surface area contributed by atoms with Gasteiger partial charge < -0.3 is 20.9 Å². The Balaban J connectivity index is 1.52. The summed E-state index contributed by atoms with van der Waals surface area (Å²) < 4.78 is 7.41. The molecule has 0 bridgehead atoms. The Bertz CT molecular complexity index is 1710. The first kappa shape index (κ1) is 26.1. The molecule has 7 heteroatoms. The molecule has 0 aliphatic heterocycles. The van der Waals surface area contributed by atoms with Gasteiger partial charge in [0.15, 0.2) is 11.5 Å². The predicted octanol–water partition coefficient (Wildman–Crippen LogP) is 5.61. The van der Waals surface area contributed by atoms with Gasteiger partial charge >= 0.3 is 0 Å². The number of nitrogens with zero attached hydrogens (tertiary/aromatic N) is 2. The van der Waals surface area contributed by atoms with Crippen molar-refractivity contribution in [3.63, 3.8) is 0 Å². The number of benzene rings is 3. The van der Waals surface area contributed by atoms with E-state index in [1.807, 2.05) is 19.1 Å². The van der Waals surface area contributed by atoms with Crippen molar-refractivity contribution >= 4 is 33.5 Å². The first-order valence-corrected chi connectivity index (χ1v) is 13.1. The molecule has 2 aromatic heterocycles. The van der Waals surface area contributed by atoms with E-state index in [1.54, 1.807) is 12.1 Å². The fraction of sp³-hybridized carbons (Fsp3) is 0.250. The molecule has 0 aliphatic rings. The first-order valence-electron chi connectivity index (χ1n) is 13.1. The number of aromatic nitrogens is 2. The van der Waals surface area contributed by atoms with Crippen LogP contribution in [0, 0.1) is 27.7 Å². The topological polar surface area (TPSA) is 102 Å². The molecule has 0 radical (unpaired) electrons. The number of methoxy groups -OCH3 is 1. The number of aromatic hydroxyl groups is 1. The molecule has 7 nitrogen and oxygen atoms in total. The third-order valence-electron chi connectivity index (χ3n) is 7.30. The number of fused-ring (bicyclic) bond motifs is 3. The van der Waals surface area contributed by atoms with E-state index in [0.29, 0.717) is 24.4 Å². The Morgan fingerprint density at radius 2 is 1.77 bits per heavy atom. The maximum Gasteiger partial charge on any atom is 0.224 e. The quantitative estimate of drug-likeness (QED) is 0.258. The lowest BCUT2D eigenvalue weighted by Gasteiger charge is -2.16. The predicted molar refractivity (Wildman–Crippen MR) is 157 cm³/mol. The number of nitrogens with one attached hydrogen (secondary N) is 1. The van der Waals surface area contributed by atoms with Crippen molar-refractivity contribution in [1.29, 1.82) is 0 Å². The van der Waals surface area contributed by atoms with Crippen LogP contribution < -0.4 is 15.8 Å². The van der Waals surface area contributed by atoms with Gasteiger partial charge in [-0.2, -0.15) is 0 Å². The number of para-hydroxylation sites is 1. The van der Waals surface area contributed by atoms with Gasteiger partial charge in [-0.3, -0.25) is 9.36 Å². The summed E-state index contributed by atoms with van der Waals surface area (Å²) in [7, 11) is 1.49. The Labute approximate surface area is 228 Å². The van der Waals surface area contributed by atoms with Crippen LogP contribution in [0.2, 0.25) is 0 Å². The van der Waals surface area contributed by atoms with E-state index in [1.165, 1.54) is 29.9 Å². The number of phenolic OH excluding ortho intramolecular Hbond substituents is 1. The molecule has 39 heavy (non-hydrogen) atoms. The van der Waals surface area contributed by atoms with E-state index in [0.717, 1.165) is 44.4 Å². The fourth-order valence-electron chi connectivity index (χ4n) is 5.62. The van der Waals surface area contributed by atoms with Crippen LogP contribution in [0.1, 0.15) is 33.5 Å². The minimum atomic E-state index is -0.114. The lowest BCUT2D eigenvalue weighted by molar-refractivity contribution is -0.120. The van der Waals surface area contributed by atoms with Crippen LogP contribution in [-0.2, 0) is 17.6 Å². The van der Waals surface area contributed by atoms with Crippen molar-refractivity contribution in [1.82, 2.24) is 14.9 Å². The van der Waals surface area contributed by atoms with Crippen molar-refractivity contribution in [2.24, 2.45) is 0 Å². The highest BCUT2D eigenvalue weighted by molar-refractivity contribution is 6.11. The molecule has 0 saturated carbocycles. The zero-order valence-corrected chi connectivity index (χ0v) is 23.1. The third-order valence-corrected chi connectivity index (χ3v) is 7.30. The summed E-state index contributed by atoms with van der Waals surface area (Å²) in [4.78, 5) is 17.7. The van der Waals surface area contributed by atoms with Crippen LogP contribution in [0.5, 0.6) is 11.5 Å². The molecule has 5 rings (SSSR count). The molecule has 0 spiro atoms. The number of hydrogen-bond acceptors (Lipinski definition) is 5. The van der Waals surface area contributed by atoms with Gasteiger partial charge in [0.05, 0.1) is 36.1 Å². The molecule has 0 atom stereocenters. The molecule has 0 aliphatic carbocycles. The van der Waals surface area contributed by atoms with Crippen molar-refractivity contribution in [3.05, 3.63) is 88.1 Å². The van der Waals surface area contributed by atoms with Gasteiger partial charge in [0, 0.05) is 17.3 Å². The van der Waals surface area contributed by atoms with Crippen LogP contribution in [0.4, 0.5) is 5.69 Å². The van der Waals surface area contributed by atoms with Crippen molar-refractivity contribution < 1.29 is 14.6 Å². The number of carbonyl (C=O) groups excluding carboxylic acids is 1. The molecule has 1 amide bonds. The second kappa shape index (κ2) is 10.3. The molecule has 0 saturated heterocycles. The van der Waals surface area contributed by atoms with Gasteiger partial charge in [-0.15, -0.1) is 0 Å². The number of aryl methyl sites for hydroxylation is 4. The Hall–Kier alpha value is -4.52. The summed E-state index contributed by atoms with van der Waals surface area (Å²) in [5, 5.41) is 15.0. The summed E-state index contributed by atoms with van der Waals surface area (Å²) in [5.41, 5.74) is 16.5. The van der Waals surface area contributed by atoms with E-state index in [9.17, 15) is 9.90 Å². The standard InChI is InChI=1S/C32H34N4O3/c1-18-14-19(2)31(20(3)15-18)36-25-9-7-6-8-23(25)29-24(30(33)21(4)35-32(29)36)12-13-34-28(38)17-22-10-11-26(37)27(16-22)39-5/h6-11,14-16,37H,12-13,17,33H2,1-5H3,(H,34,38). The molecular weight excluding hydrogens is 488 g/mol. The maximum atomic E-state index is 12.7. The average Bonchev–Trinajstić information content (AvgIpc) is 3.20. The number of ether oxygens (including phenoxy) is 1. The van der Waals surface area contributed by atoms with E-state index in [4.69, 9.17) is 15.5 Å². The number of phenols is 1. The van der Waals surface area contributed by atoms with Crippen LogP contribution in [0.25, 0.3) is 27.6 Å². The number of carbonyl (C=O) groups is 1. The molecule has 200 valence electrons. The van der Waals surface area contributed by atoms with Gasteiger partial charge in [-0.1, -0.05) is 42.0 Å². The van der Waals surface area contributed by atoms with Gasteiger partial charge in [0.1, 0.15) is 5.65 Å². The van der Waals surface area contributed by atoms with Crippen molar-refractivity contribution in [2.75, 3.05) is 19.4 Å². The second-order valence-electron chi connectivity index (χ2n) is 10.2. The number of hydrogen-bond donors (Lipinski definition) is 3. The normalized spacial score (nSPS) is 11.3. The van der Waals surface area contributed by atoms with E-state index in [2.05, 4.69) is 54.9 Å². The fourth-order valence-corrected chi connectivity index (χ4v) is 5.62. The third kappa shape index (κ3) is 4.76. The van der Waals surface area contributed by atoms with Crippen molar-refractivity contribution in [3.8, 4) is 17.2 Å². The van der Waals surface area contributed by atoms with E-state index < -0.39 is 0 Å². The van der Waals surface area contributed by atoms with Gasteiger partial charge in [0.2, 0.25) is 5.91 Å². The summed E-state index contributed by atoms with van der Waals surface area (Å²) in [6.07, 6.45) is 0.748. The highest BCUT2D eigenvalue weighted by Crippen LogP contribution is 2.38. The number of anilines is 1. The average molecular weight is 523 g/mol. The number of rotatable bonds is 7. The van der Waals surface area contributed by atoms with Crippen molar-refractivity contribution in [2.45, 2.75) is 40.5 Å². The largest absolute Gasteiger partial charge is 0.504 e. The van der Waals surface area contributed by atoms with Crippen LogP contribution in [-0.4, -0.2) is 34.2 Å². The second-order valence-corrected chi connectivity index (χ2v) is 10.2. The van der Waals surface area contributed by atoms with E-state index >= 15 is 0 Å². The van der Waals surface area contributed by atoms with Gasteiger partial charge in [-0.25, -0.2) is 4.98 Å². The highest BCUT2D eigenvalue weighted by atomic mass is 16.5. The first-order chi connectivity index (χ1) is 18.7. The van der Waals surface area contributed by atoms with Gasteiger partial charge in [0.25, 0.3) is 0 Å². The Kier molecular flexibility index (Phi) is 6.91. The number of amides is 1. The number of nitrogens with two attached hydrogens (primary N) is 1. The summed E-state index contributed by atoms with van der Waals surface area (Å²) >= 11 is 0. The summed E-state index contributed by atoms with van der Waals surface area (Å²) in [6, 6.07) is 17.6. The summed E-state index contributed by atoms with van der Waals surface area (Å²) in [5.74, 6) is 0.277. The van der Waals surface area contributed by atoms with Gasteiger partial charge in [-0.05, 0) is 74.6 Å². The molecule has 0 unspecified atom stereocenters. The Morgan fingerprint density at radius 1 is 1.05 bits per heavy atom. The van der Waals surface area contributed by atoms with Crippen LogP contribution in [0.3, 0.4) is 0 Å². The minimum absolute atomic E-state index is 0.0457. The van der Waals surface area contributed by atoms with E-state index in [-0.39, 0.29) is 18.1 Å². The zero-order chi connectivity index (χ0) is 27.8. The highest BCUT2D eigenvalue weighted by Gasteiger charge is 2.21. The molecule has 5 aromatic rings. The SMILES string of the molecule is COc1cc(CC(=O)NCCc2c(N)c(C)nc3c2c2ccccc2n3-c2c(C)cc(C)cc2C)ccc1O. The number of nitrogen functional groups attached to an aromatic ring is 1. The van der Waals surface area contributed by atoms with Crippen LogP contribution >= 0.6 is 0 Å². The lowest BCUT2D eigenvalue weighted by atomic mass is 10.0. The smallest absolute Gasteiger partial charge is 0.224 e. The zero-order valence-electron chi connectivity index (χ0n) is 23.1. The monoisotopic (exact) mass is 522 g/mol. The Morgan fingerprint density at radius 3 is 2.49 bits per heavy atom. The van der Waals surface area contributed by atoms with Crippen LogP contribution in [0.15, 0.2) is 54.6 Å². The molecular formula is C32H34N4O3.